The molecule has 1 N–H and O–H groups in total. The van der Waals surface area contributed by atoms with Gasteiger partial charge in [-0.2, -0.15) is 0 Å². The first-order chi connectivity index (χ1) is 8.60. The summed E-state index contributed by atoms with van der Waals surface area (Å²) in [4.78, 5) is 8.74. The van der Waals surface area contributed by atoms with E-state index in [0.717, 1.165) is 28.2 Å². The number of rotatable bonds is 4. The number of nitrogens with zero attached hydrogens (tertiary/aromatic N) is 5. The number of aryl methyl sites for hydroxylation is 2. The third-order valence-electron chi connectivity index (χ3n) is 2.41. The van der Waals surface area contributed by atoms with E-state index in [1.165, 1.54) is 11.8 Å². The van der Waals surface area contributed by atoms with Gasteiger partial charge in [-0.05, 0) is 38.6 Å². The normalized spacial score (nSPS) is 10.7. The minimum atomic E-state index is 0.652. The average Bonchev–Trinajstić information content (AvgIpc) is 2.61. The molecule has 2 heterocycles. The Bertz CT molecular complexity index is 550. The highest BCUT2D eigenvalue weighted by molar-refractivity contribution is 7.99. The number of anilines is 1. The van der Waals surface area contributed by atoms with Crippen LogP contribution in [0.15, 0.2) is 16.2 Å². The van der Waals surface area contributed by atoms with Gasteiger partial charge in [-0.15, -0.1) is 10.2 Å². The third kappa shape index (κ3) is 2.79. The van der Waals surface area contributed by atoms with Crippen molar-refractivity contribution in [3.8, 4) is 0 Å². The lowest BCUT2D eigenvalue weighted by Crippen LogP contribution is -2.04. The Balaban J connectivity index is 2.26. The molecule has 96 valence electrons. The maximum absolute atomic E-state index is 4.43. The van der Waals surface area contributed by atoms with E-state index in [-0.39, 0.29) is 0 Å². The largest absolute Gasteiger partial charge is 0.354 e. The Hall–Kier alpha value is -1.63. The van der Waals surface area contributed by atoms with Crippen molar-refractivity contribution in [2.45, 2.75) is 31.0 Å². The third-order valence-corrected chi connectivity index (χ3v) is 3.37. The summed E-state index contributed by atoms with van der Waals surface area (Å²) in [7, 11) is 1.94. The minimum absolute atomic E-state index is 0.652. The zero-order valence-corrected chi connectivity index (χ0v) is 11.7. The lowest BCUT2D eigenvalue weighted by molar-refractivity contribution is 0.764. The first kappa shape index (κ1) is 12.8. The summed E-state index contributed by atoms with van der Waals surface area (Å²) in [6.45, 7) is 6.70. The summed E-state index contributed by atoms with van der Waals surface area (Å²) in [6, 6.07) is 1.94. The molecule has 0 atom stereocenters. The van der Waals surface area contributed by atoms with Gasteiger partial charge in [-0.3, -0.25) is 0 Å². The molecular weight excluding hydrogens is 248 g/mol. The molecule has 0 saturated carbocycles. The fraction of sp³-hybridized carbons (Fsp3) is 0.455. The summed E-state index contributed by atoms with van der Waals surface area (Å²) >= 11 is 1.49. The maximum Gasteiger partial charge on any atom is 0.223 e. The smallest absolute Gasteiger partial charge is 0.223 e. The fourth-order valence-electron chi connectivity index (χ4n) is 1.40. The van der Waals surface area contributed by atoms with Crippen LogP contribution >= 0.6 is 11.8 Å². The summed E-state index contributed by atoms with van der Waals surface area (Å²) in [5.41, 5.74) is 0.933. The van der Waals surface area contributed by atoms with Crippen LogP contribution in [0.1, 0.15) is 18.4 Å². The summed E-state index contributed by atoms with van der Waals surface area (Å²) < 4.78 is 1.94. The van der Waals surface area contributed by atoms with Gasteiger partial charge in [0.25, 0.3) is 0 Å². The predicted octanol–water partition coefficient (Wildman–Crippen LogP) is 1.80. The molecule has 0 bridgehead atoms. The van der Waals surface area contributed by atoms with E-state index in [2.05, 4.69) is 25.5 Å². The molecule has 2 aromatic rings. The van der Waals surface area contributed by atoms with E-state index < -0.39 is 0 Å². The molecule has 18 heavy (non-hydrogen) atoms. The standard InChI is InChI=1S/C11H16N6S/c1-5-12-10-13-7(2)6-9(14-10)18-11-16-15-8(3)17(11)4/h6H,5H2,1-4H3,(H,12,13,14). The number of hydrogen-bond donors (Lipinski definition) is 1. The molecule has 0 unspecified atom stereocenters. The fourth-order valence-corrected chi connectivity index (χ4v) is 2.30. The highest BCUT2D eigenvalue weighted by Gasteiger charge is 2.09. The van der Waals surface area contributed by atoms with Gasteiger partial charge in [0.2, 0.25) is 5.95 Å². The molecule has 0 fully saturated rings. The number of hydrogen-bond acceptors (Lipinski definition) is 6. The van der Waals surface area contributed by atoms with Crippen LogP contribution in [0.25, 0.3) is 0 Å². The van der Waals surface area contributed by atoms with Crippen molar-refractivity contribution in [2.24, 2.45) is 7.05 Å². The first-order valence-electron chi connectivity index (χ1n) is 5.73. The van der Waals surface area contributed by atoms with Crippen LogP contribution in [0, 0.1) is 13.8 Å². The molecule has 0 aliphatic heterocycles. The van der Waals surface area contributed by atoms with Gasteiger partial charge in [0.15, 0.2) is 5.16 Å². The van der Waals surface area contributed by atoms with Crippen molar-refractivity contribution >= 4 is 17.7 Å². The Labute approximate surface area is 110 Å². The zero-order valence-electron chi connectivity index (χ0n) is 10.9. The molecular formula is C11H16N6S. The van der Waals surface area contributed by atoms with Crippen molar-refractivity contribution in [1.29, 1.82) is 0 Å². The molecule has 0 aliphatic rings. The van der Waals surface area contributed by atoms with Gasteiger partial charge in [0, 0.05) is 19.3 Å². The van der Waals surface area contributed by atoms with Crippen molar-refractivity contribution in [3.63, 3.8) is 0 Å². The molecule has 0 saturated heterocycles. The van der Waals surface area contributed by atoms with E-state index in [1.54, 1.807) is 0 Å². The van der Waals surface area contributed by atoms with E-state index in [9.17, 15) is 0 Å². The SMILES string of the molecule is CCNc1nc(C)cc(Sc2nnc(C)n2C)n1. The molecule has 2 aromatic heterocycles. The minimum Gasteiger partial charge on any atom is -0.354 e. The molecule has 7 heteroatoms. The molecule has 0 spiro atoms. The van der Waals surface area contributed by atoms with Crippen LogP contribution in [0.2, 0.25) is 0 Å². The quantitative estimate of drug-likeness (QED) is 0.849. The molecule has 6 nitrogen and oxygen atoms in total. The van der Waals surface area contributed by atoms with Crippen molar-refractivity contribution in [1.82, 2.24) is 24.7 Å². The van der Waals surface area contributed by atoms with Crippen LogP contribution in [0.4, 0.5) is 5.95 Å². The first-order valence-corrected chi connectivity index (χ1v) is 6.55. The van der Waals surface area contributed by atoms with Gasteiger partial charge in [0.1, 0.15) is 10.9 Å². The van der Waals surface area contributed by atoms with Crippen molar-refractivity contribution in [3.05, 3.63) is 17.6 Å². The second-order valence-corrected chi connectivity index (χ2v) is 4.88. The Morgan fingerprint density at radius 3 is 2.67 bits per heavy atom. The number of nitrogens with one attached hydrogen (secondary N) is 1. The van der Waals surface area contributed by atoms with Crippen molar-refractivity contribution in [2.75, 3.05) is 11.9 Å². The van der Waals surface area contributed by atoms with Gasteiger partial charge in [0.05, 0.1) is 0 Å². The molecule has 2 rings (SSSR count). The van der Waals surface area contributed by atoms with Crippen LogP contribution < -0.4 is 5.32 Å². The van der Waals surface area contributed by atoms with Crippen LogP contribution in [-0.2, 0) is 7.05 Å². The Morgan fingerprint density at radius 1 is 1.28 bits per heavy atom. The van der Waals surface area contributed by atoms with Gasteiger partial charge in [-0.1, -0.05) is 0 Å². The zero-order chi connectivity index (χ0) is 13.1. The number of aromatic nitrogens is 5. The highest BCUT2D eigenvalue weighted by atomic mass is 32.2. The van der Waals surface area contributed by atoms with Crippen LogP contribution in [0.3, 0.4) is 0 Å². The average molecular weight is 264 g/mol. The van der Waals surface area contributed by atoms with Gasteiger partial charge >= 0.3 is 0 Å². The monoisotopic (exact) mass is 264 g/mol. The molecule has 0 aromatic carbocycles. The van der Waals surface area contributed by atoms with Crippen LogP contribution in [-0.4, -0.2) is 31.3 Å². The molecule has 0 radical (unpaired) electrons. The van der Waals surface area contributed by atoms with E-state index in [0.29, 0.717) is 5.95 Å². The Morgan fingerprint density at radius 2 is 2.06 bits per heavy atom. The van der Waals surface area contributed by atoms with Gasteiger partial charge < -0.3 is 9.88 Å². The van der Waals surface area contributed by atoms with Gasteiger partial charge in [-0.25, -0.2) is 9.97 Å². The summed E-state index contributed by atoms with van der Waals surface area (Å²) in [6.07, 6.45) is 0. The van der Waals surface area contributed by atoms with Crippen LogP contribution in [0.5, 0.6) is 0 Å². The molecule has 0 aliphatic carbocycles. The van der Waals surface area contributed by atoms with E-state index in [4.69, 9.17) is 0 Å². The lowest BCUT2D eigenvalue weighted by Gasteiger charge is -2.06. The topological polar surface area (TPSA) is 68.5 Å². The van der Waals surface area contributed by atoms with Crippen molar-refractivity contribution < 1.29 is 0 Å². The molecule has 0 amide bonds. The maximum atomic E-state index is 4.43. The predicted molar refractivity (Wildman–Crippen MR) is 70.8 cm³/mol. The Kier molecular flexibility index (Phi) is 3.81. The summed E-state index contributed by atoms with van der Waals surface area (Å²) in [5, 5.41) is 12.9. The second-order valence-electron chi connectivity index (χ2n) is 3.89. The summed E-state index contributed by atoms with van der Waals surface area (Å²) in [5.74, 6) is 1.54. The second kappa shape index (κ2) is 5.34. The van der Waals surface area contributed by atoms with E-state index >= 15 is 0 Å². The highest BCUT2D eigenvalue weighted by Crippen LogP contribution is 2.25. The lowest BCUT2D eigenvalue weighted by atomic mass is 10.5. The van der Waals surface area contributed by atoms with E-state index in [1.807, 2.05) is 38.5 Å².